The Morgan fingerprint density at radius 3 is 2.71 bits per heavy atom. The van der Waals surface area contributed by atoms with Gasteiger partial charge in [0, 0.05) is 4.47 Å². The van der Waals surface area contributed by atoms with Crippen LogP contribution in [0, 0.1) is 5.82 Å². The predicted octanol–water partition coefficient (Wildman–Crippen LogP) is 2.75. The van der Waals surface area contributed by atoms with Gasteiger partial charge in [0.25, 0.3) is 0 Å². The highest BCUT2D eigenvalue weighted by Crippen LogP contribution is 2.27. The van der Waals surface area contributed by atoms with E-state index in [1.165, 1.54) is 6.07 Å². The van der Waals surface area contributed by atoms with Gasteiger partial charge in [-0.1, -0.05) is 6.07 Å². The van der Waals surface area contributed by atoms with E-state index in [2.05, 4.69) is 36.2 Å². The molecule has 3 N–H and O–H groups in total. The Morgan fingerprint density at radius 1 is 1.29 bits per heavy atom. The molecule has 0 aliphatic carbocycles. The summed E-state index contributed by atoms with van der Waals surface area (Å²) in [5, 5.41) is 2.61. The van der Waals surface area contributed by atoms with Gasteiger partial charge in [0.15, 0.2) is 0 Å². The number of para-hydroxylation sites is 1. The standard InChI is InChI=1S/C9H6BrClFN5/c10-4-2-1-3-5(12)6(4)14-9-16-7(11)15-8(13)17-9/h1-3H,(H3,13,14,15,16,17). The van der Waals surface area contributed by atoms with Crippen LogP contribution in [-0.2, 0) is 0 Å². The minimum atomic E-state index is -0.450. The molecule has 5 nitrogen and oxygen atoms in total. The Bertz CT molecular complexity index is 525. The Morgan fingerprint density at radius 2 is 2.06 bits per heavy atom. The minimum absolute atomic E-state index is 0.0417. The van der Waals surface area contributed by atoms with E-state index < -0.39 is 5.82 Å². The second-order valence-corrected chi connectivity index (χ2v) is 4.20. The molecule has 8 heteroatoms. The molecular weight excluding hydrogens is 312 g/mol. The van der Waals surface area contributed by atoms with Gasteiger partial charge in [-0.05, 0) is 39.7 Å². The second-order valence-electron chi connectivity index (χ2n) is 3.01. The van der Waals surface area contributed by atoms with Crippen LogP contribution in [0.5, 0.6) is 0 Å². The van der Waals surface area contributed by atoms with Gasteiger partial charge in [-0.25, -0.2) is 4.39 Å². The number of nitrogens with one attached hydrogen (secondary N) is 1. The fourth-order valence-corrected chi connectivity index (χ4v) is 1.76. The molecule has 2 rings (SSSR count). The average molecular weight is 319 g/mol. The van der Waals surface area contributed by atoms with Gasteiger partial charge in [0.05, 0.1) is 5.69 Å². The van der Waals surface area contributed by atoms with Gasteiger partial charge in [0.2, 0.25) is 17.2 Å². The van der Waals surface area contributed by atoms with Crippen LogP contribution in [0.25, 0.3) is 0 Å². The summed E-state index contributed by atoms with van der Waals surface area (Å²) in [6, 6.07) is 4.55. The van der Waals surface area contributed by atoms with E-state index in [0.29, 0.717) is 4.47 Å². The van der Waals surface area contributed by atoms with Crippen LogP contribution in [0.4, 0.5) is 22.0 Å². The Labute approximate surface area is 109 Å². The van der Waals surface area contributed by atoms with Crippen molar-refractivity contribution in [1.82, 2.24) is 15.0 Å². The van der Waals surface area contributed by atoms with Gasteiger partial charge in [-0.15, -0.1) is 0 Å². The number of hydrogen-bond acceptors (Lipinski definition) is 5. The highest BCUT2D eigenvalue weighted by Gasteiger charge is 2.09. The summed E-state index contributed by atoms with van der Waals surface area (Å²) in [6.45, 7) is 0. The maximum atomic E-state index is 13.5. The summed E-state index contributed by atoms with van der Waals surface area (Å²) in [5.41, 5.74) is 5.60. The smallest absolute Gasteiger partial charge is 0.233 e. The molecule has 88 valence electrons. The highest BCUT2D eigenvalue weighted by atomic mass is 79.9. The third kappa shape index (κ3) is 2.80. The molecule has 0 unspecified atom stereocenters. The number of benzene rings is 1. The van der Waals surface area contributed by atoms with Crippen molar-refractivity contribution < 1.29 is 4.39 Å². The van der Waals surface area contributed by atoms with Gasteiger partial charge in [-0.3, -0.25) is 0 Å². The maximum absolute atomic E-state index is 13.5. The van der Waals surface area contributed by atoms with E-state index in [0.717, 1.165) is 0 Å². The van der Waals surface area contributed by atoms with Crippen molar-refractivity contribution in [3.8, 4) is 0 Å². The first-order valence-corrected chi connectivity index (χ1v) is 5.61. The lowest BCUT2D eigenvalue weighted by Gasteiger charge is -2.08. The lowest BCUT2D eigenvalue weighted by atomic mass is 10.3. The van der Waals surface area contributed by atoms with Crippen LogP contribution in [-0.4, -0.2) is 15.0 Å². The Balaban J connectivity index is 2.38. The molecule has 0 aliphatic heterocycles. The summed E-state index contributed by atoms with van der Waals surface area (Å²) >= 11 is 8.81. The average Bonchev–Trinajstić information content (AvgIpc) is 2.22. The van der Waals surface area contributed by atoms with E-state index in [4.69, 9.17) is 17.3 Å². The van der Waals surface area contributed by atoms with Crippen LogP contribution in [0.2, 0.25) is 5.28 Å². The summed E-state index contributed by atoms with van der Waals surface area (Å²) < 4.78 is 14.0. The fourth-order valence-electron chi connectivity index (χ4n) is 1.15. The van der Waals surface area contributed by atoms with E-state index in [9.17, 15) is 4.39 Å². The van der Waals surface area contributed by atoms with E-state index in [-0.39, 0.29) is 22.9 Å². The van der Waals surface area contributed by atoms with E-state index in [1.54, 1.807) is 12.1 Å². The van der Waals surface area contributed by atoms with Gasteiger partial charge >= 0.3 is 0 Å². The largest absolute Gasteiger partial charge is 0.368 e. The molecule has 1 aromatic carbocycles. The van der Waals surface area contributed by atoms with Crippen LogP contribution < -0.4 is 11.1 Å². The third-order valence-corrected chi connectivity index (χ3v) is 2.65. The number of nitrogen functional groups attached to an aromatic ring is 1. The maximum Gasteiger partial charge on any atom is 0.233 e. The highest BCUT2D eigenvalue weighted by molar-refractivity contribution is 9.10. The third-order valence-electron chi connectivity index (χ3n) is 1.82. The zero-order valence-corrected chi connectivity index (χ0v) is 10.6. The fraction of sp³-hybridized carbons (Fsp3) is 0. The van der Waals surface area contributed by atoms with Crippen molar-refractivity contribution in [2.75, 3.05) is 11.1 Å². The SMILES string of the molecule is Nc1nc(Cl)nc(Nc2c(F)cccc2Br)n1. The molecule has 0 bridgehead atoms. The molecule has 1 heterocycles. The first-order chi connectivity index (χ1) is 8.06. The van der Waals surface area contributed by atoms with Crippen molar-refractivity contribution in [2.24, 2.45) is 0 Å². The molecule has 0 atom stereocenters. The molecule has 0 radical (unpaired) electrons. The van der Waals surface area contributed by atoms with Gasteiger partial charge in [-0.2, -0.15) is 15.0 Å². The van der Waals surface area contributed by atoms with Crippen molar-refractivity contribution in [3.05, 3.63) is 33.8 Å². The predicted molar refractivity (Wildman–Crippen MR) is 66.6 cm³/mol. The number of nitrogens with two attached hydrogens (primary N) is 1. The van der Waals surface area contributed by atoms with Crippen LogP contribution in [0.15, 0.2) is 22.7 Å². The monoisotopic (exact) mass is 317 g/mol. The Kier molecular flexibility index (Phi) is 3.39. The number of hydrogen-bond donors (Lipinski definition) is 2. The lowest BCUT2D eigenvalue weighted by molar-refractivity contribution is 0.631. The zero-order valence-electron chi connectivity index (χ0n) is 8.28. The Hall–Kier alpha value is -1.47. The van der Waals surface area contributed by atoms with Crippen LogP contribution >= 0.6 is 27.5 Å². The van der Waals surface area contributed by atoms with Crippen molar-refractivity contribution in [1.29, 1.82) is 0 Å². The molecule has 1 aromatic heterocycles. The van der Waals surface area contributed by atoms with E-state index in [1.807, 2.05) is 0 Å². The topological polar surface area (TPSA) is 76.7 Å². The number of anilines is 3. The van der Waals surface area contributed by atoms with Crippen molar-refractivity contribution >= 4 is 45.1 Å². The first kappa shape index (κ1) is 12.0. The molecule has 17 heavy (non-hydrogen) atoms. The number of nitrogens with zero attached hydrogens (tertiary/aromatic N) is 3. The first-order valence-electron chi connectivity index (χ1n) is 4.44. The second kappa shape index (κ2) is 4.80. The molecule has 2 aromatic rings. The van der Waals surface area contributed by atoms with Crippen molar-refractivity contribution in [3.63, 3.8) is 0 Å². The van der Waals surface area contributed by atoms with Gasteiger partial charge < -0.3 is 11.1 Å². The summed E-state index contributed by atoms with van der Waals surface area (Å²) in [5.74, 6) is -0.414. The number of halogens is 3. The lowest BCUT2D eigenvalue weighted by Crippen LogP contribution is -2.04. The van der Waals surface area contributed by atoms with Gasteiger partial charge in [0.1, 0.15) is 5.82 Å². The van der Waals surface area contributed by atoms with Crippen LogP contribution in [0.3, 0.4) is 0 Å². The quantitative estimate of drug-likeness (QED) is 0.890. The minimum Gasteiger partial charge on any atom is -0.368 e. The molecule has 0 spiro atoms. The van der Waals surface area contributed by atoms with Crippen LogP contribution in [0.1, 0.15) is 0 Å². The zero-order chi connectivity index (χ0) is 12.4. The summed E-state index contributed by atoms with van der Waals surface area (Å²) in [6.07, 6.45) is 0. The molecule has 0 amide bonds. The number of rotatable bonds is 2. The molecule has 0 fully saturated rings. The molecular formula is C9H6BrClFN5. The normalized spacial score (nSPS) is 10.3. The molecule has 0 saturated heterocycles. The molecule has 0 saturated carbocycles. The molecule has 0 aliphatic rings. The summed E-state index contributed by atoms with van der Waals surface area (Å²) in [7, 11) is 0. The van der Waals surface area contributed by atoms with Crippen molar-refractivity contribution in [2.45, 2.75) is 0 Å². The van der Waals surface area contributed by atoms with E-state index >= 15 is 0 Å². The number of aromatic nitrogens is 3. The summed E-state index contributed by atoms with van der Waals surface area (Å²) in [4.78, 5) is 11.2.